The highest BCUT2D eigenvalue weighted by Gasteiger charge is 2.22. The van der Waals surface area contributed by atoms with Crippen LogP contribution in [0.25, 0.3) is 101 Å². The van der Waals surface area contributed by atoms with Crippen molar-refractivity contribution in [3.8, 4) is 44.8 Å². The van der Waals surface area contributed by atoms with Crippen molar-refractivity contribution >= 4 is 124 Å². The lowest BCUT2D eigenvalue weighted by Crippen LogP contribution is -2.10. The molecule has 18 aromatic rings. The van der Waals surface area contributed by atoms with Gasteiger partial charge in [-0.15, -0.1) is 0 Å². The maximum Gasteiger partial charge on any atom is 0.0542 e. The van der Waals surface area contributed by atoms with E-state index in [1.54, 1.807) is 0 Å². The van der Waals surface area contributed by atoms with Crippen LogP contribution >= 0.6 is 0 Å². The van der Waals surface area contributed by atoms with Crippen LogP contribution in [0, 0.1) is 0 Å². The van der Waals surface area contributed by atoms with Crippen molar-refractivity contribution in [3.05, 3.63) is 425 Å². The van der Waals surface area contributed by atoms with Crippen LogP contribution in [0.3, 0.4) is 0 Å². The van der Waals surface area contributed by atoms with Crippen LogP contribution in [0.15, 0.2) is 414 Å². The predicted octanol–water partition coefficient (Wildman–Crippen LogP) is 28.0. The molecule has 0 aliphatic rings. The number of hydrogen-bond donors (Lipinski definition) is 0. The van der Waals surface area contributed by atoms with E-state index in [4.69, 9.17) is 0 Å². The first-order valence-corrected chi connectivity index (χ1v) is 36.0. The van der Waals surface area contributed by atoms with Crippen molar-refractivity contribution in [2.45, 2.75) is 0 Å². The van der Waals surface area contributed by atoms with Crippen molar-refractivity contribution in [1.82, 2.24) is 9.13 Å². The summed E-state index contributed by atoms with van der Waals surface area (Å²) in [6.07, 6.45) is 3.79. The average Bonchev–Trinajstić information content (AvgIpc) is 1.59. The van der Waals surface area contributed by atoms with Crippen molar-refractivity contribution in [1.29, 1.82) is 0 Å². The summed E-state index contributed by atoms with van der Waals surface area (Å²) in [5.74, 6) is 0. The Morgan fingerprint density at radius 2 is 0.387 bits per heavy atom. The zero-order chi connectivity index (χ0) is 70.9. The van der Waals surface area contributed by atoms with Crippen molar-refractivity contribution in [2.24, 2.45) is 0 Å². The van der Waals surface area contributed by atoms with Gasteiger partial charge in [-0.05, 0) is 239 Å². The molecule has 0 atom stereocenters. The molecule has 0 saturated carbocycles. The highest BCUT2D eigenvalue weighted by molar-refractivity contribution is 6.12. The summed E-state index contributed by atoms with van der Waals surface area (Å²) in [6, 6.07) is 145. The molecule has 6 nitrogen and oxygen atoms in total. The van der Waals surface area contributed by atoms with Gasteiger partial charge in [0.1, 0.15) is 0 Å². The Labute approximate surface area is 618 Å². The molecule has 0 saturated heterocycles. The zero-order valence-corrected chi connectivity index (χ0v) is 58.4. The summed E-state index contributed by atoms with van der Waals surface area (Å²) in [7, 11) is 0. The highest BCUT2D eigenvalue weighted by Crippen LogP contribution is 2.46. The molecule has 0 N–H and O–H groups in total. The minimum atomic E-state index is 1.04. The molecule has 0 bridgehead atoms. The fourth-order valence-corrected chi connectivity index (χ4v) is 15.2. The third kappa shape index (κ3) is 12.1. The normalized spacial score (nSPS) is 11.3. The standard InChI is InChI=1S/C100H72N6/c1-3-71-33-49-89(50-34-71)105-97-31-19-17-29-93(97)95-69-91(65-67-99(95)105)103(85-57-41-75(42-58-85)73-37-53-83(54-38-73)101(79-21-9-5-10-22-79)80-23-11-6-12-24-80)87-61-45-77(46-62-87)78-47-63-88(64-48-78)104(92-66-68-100-96(70-92)94-30-18-20-32-98(94)106(100)90-51-35-72(4-2)36-52-90)86-59-43-76(44-60-86)74-39-55-84(56-40-74)102(81-25-13-7-14-26-81)82-27-15-8-16-28-82/h3-70H,1-2H2. The van der Waals surface area contributed by atoms with Gasteiger partial charge in [-0.1, -0.05) is 232 Å². The van der Waals surface area contributed by atoms with E-state index in [-0.39, 0.29) is 0 Å². The van der Waals surface area contributed by atoms with Crippen LogP contribution in [0.1, 0.15) is 11.1 Å². The number of fused-ring (bicyclic) bond motifs is 6. The number of hydrogen-bond acceptors (Lipinski definition) is 4. The summed E-state index contributed by atoms with van der Waals surface area (Å²) in [6.45, 7) is 8.05. The molecule has 502 valence electrons. The first-order chi connectivity index (χ1) is 52.5. The average molecular weight is 1360 g/mol. The molecule has 0 fully saturated rings. The van der Waals surface area contributed by atoms with Crippen LogP contribution in [0.2, 0.25) is 0 Å². The van der Waals surface area contributed by atoms with Gasteiger partial charge in [0.15, 0.2) is 0 Å². The molecule has 0 aliphatic carbocycles. The Bertz CT molecular complexity index is 5690. The summed E-state index contributed by atoms with van der Waals surface area (Å²) in [4.78, 5) is 9.37. The number of nitrogens with zero attached hydrogens (tertiary/aromatic N) is 6. The van der Waals surface area contributed by atoms with Crippen molar-refractivity contribution in [3.63, 3.8) is 0 Å². The third-order valence-corrected chi connectivity index (χ3v) is 20.4. The Balaban J connectivity index is 0.698. The van der Waals surface area contributed by atoms with Gasteiger partial charge in [-0.3, -0.25) is 0 Å². The number of rotatable bonds is 19. The van der Waals surface area contributed by atoms with E-state index in [1.807, 2.05) is 12.2 Å². The topological polar surface area (TPSA) is 22.8 Å². The molecule has 0 radical (unpaired) electrons. The maximum absolute atomic E-state index is 4.02. The molecule has 2 heterocycles. The van der Waals surface area contributed by atoms with E-state index in [0.717, 1.165) is 146 Å². The van der Waals surface area contributed by atoms with Crippen LogP contribution in [-0.4, -0.2) is 9.13 Å². The lowest BCUT2D eigenvalue weighted by atomic mass is 10.0. The number of benzene rings is 16. The first kappa shape index (κ1) is 63.9. The van der Waals surface area contributed by atoms with Gasteiger partial charge in [-0.25, -0.2) is 0 Å². The van der Waals surface area contributed by atoms with E-state index in [9.17, 15) is 0 Å². The lowest BCUT2D eigenvalue weighted by Gasteiger charge is -2.27. The molecule has 0 amide bonds. The van der Waals surface area contributed by atoms with Crippen LogP contribution in [-0.2, 0) is 0 Å². The van der Waals surface area contributed by atoms with E-state index >= 15 is 0 Å². The predicted molar refractivity (Wildman–Crippen MR) is 450 cm³/mol. The Morgan fingerprint density at radius 3 is 0.642 bits per heavy atom. The van der Waals surface area contributed by atoms with E-state index < -0.39 is 0 Å². The van der Waals surface area contributed by atoms with Gasteiger partial charge in [0.25, 0.3) is 0 Å². The maximum atomic E-state index is 4.02. The first-order valence-electron chi connectivity index (χ1n) is 36.0. The van der Waals surface area contributed by atoms with Crippen molar-refractivity contribution < 1.29 is 0 Å². The van der Waals surface area contributed by atoms with Crippen LogP contribution in [0.4, 0.5) is 68.2 Å². The Morgan fingerprint density at radius 1 is 0.179 bits per heavy atom. The summed E-state index contributed by atoms with van der Waals surface area (Å²) in [5, 5.41) is 4.72. The summed E-state index contributed by atoms with van der Waals surface area (Å²) >= 11 is 0. The smallest absolute Gasteiger partial charge is 0.0542 e. The van der Waals surface area contributed by atoms with Gasteiger partial charge >= 0.3 is 0 Å². The summed E-state index contributed by atoms with van der Waals surface area (Å²) < 4.78 is 4.74. The largest absolute Gasteiger partial charge is 0.311 e. The highest BCUT2D eigenvalue weighted by atomic mass is 15.2. The van der Waals surface area contributed by atoms with Gasteiger partial charge in [0.2, 0.25) is 0 Å². The molecule has 0 spiro atoms. The molecule has 18 rings (SSSR count). The SMILES string of the molecule is C=Cc1ccc(-n2c3ccccc3c3cc(N(c4ccc(-c5ccc(N(c6ccccc6)c6ccccc6)cc5)cc4)c4ccc(-c5ccc(N(c6ccc(-c7ccc(N(c8ccccc8)c8ccccc8)cc7)cc6)c6ccc7c(c6)c6ccccc6n7-c6ccc(C=C)cc6)cc5)cc4)ccc32)cc1. The third-order valence-electron chi connectivity index (χ3n) is 20.4. The van der Waals surface area contributed by atoms with E-state index in [0.29, 0.717) is 0 Å². The molecule has 0 unspecified atom stereocenters. The fourth-order valence-electron chi connectivity index (χ4n) is 15.2. The van der Waals surface area contributed by atoms with Crippen LogP contribution in [0.5, 0.6) is 0 Å². The van der Waals surface area contributed by atoms with E-state index in [1.165, 1.54) is 21.5 Å². The zero-order valence-electron chi connectivity index (χ0n) is 58.4. The fraction of sp³-hybridized carbons (Fsp3) is 0. The Kier molecular flexibility index (Phi) is 16.9. The van der Waals surface area contributed by atoms with Crippen molar-refractivity contribution in [2.75, 3.05) is 19.6 Å². The monoisotopic (exact) mass is 1360 g/mol. The number of anilines is 12. The molecule has 2 aromatic heterocycles. The molecule has 16 aromatic carbocycles. The molecule has 106 heavy (non-hydrogen) atoms. The van der Waals surface area contributed by atoms with Gasteiger partial charge < -0.3 is 28.7 Å². The minimum absolute atomic E-state index is 1.04. The van der Waals surface area contributed by atoms with Gasteiger partial charge in [0, 0.05) is 101 Å². The molecule has 0 aliphatic heterocycles. The molecular formula is C100H72N6. The molecule has 6 heteroatoms. The Hall–Kier alpha value is -14.2. The number of aromatic nitrogens is 2. The summed E-state index contributed by atoms with van der Waals surface area (Å²) in [5.41, 5.74) is 28.6. The second kappa shape index (κ2) is 28.0. The number of para-hydroxylation sites is 6. The second-order valence-corrected chi connectivity index (χ2v) is 26.7. The minimum Gasteiger partial charge on any atom is -0.311 e. The van der Waals surface area contributed by atoms with Crippen LogP contribution < -0.4 is 19.6 Å². The van der Waals surface area contributed by atoms with E-state index in [2.05, 4.69) is 442 Å². The molecular weight excluding hydrogens is 1290 g/mol. The van der Waals surface area contributed by atoms with Gasteiger partial charge in [-0.2, -0.15) is 0 Å². The second-order valence-electron chi connectivity index (χ2n) is 26.7. The van der Waals surface area contributed by atoms with Gasteiger partial charge in [0.05, 0.1) is 22.1 Å². The lowest BCUT2D eigenvalue weighted by molar-refractivity contribution is 1.18. The quantitative estimate of drug-likeness (QED) is 0.0805.